The molecule has 0 bridgehead atoms. The molecule has 0 spiro atoms. The van der Waals surface area contributed by atoms with Crippen LogP contribution in [0.15, 0.2) is 0 Å². The minimum atomic E-state index is -0.291. The van der Waals surface area contributed by atoms with Crippen molar-refractivity contribution >= 4 is 23.6 Å². The molecule has 7 heavy (non-hydrogen) atoms. The molecule has 0 aromatic rings. The predicted molar refractivity (Wildman–Crippen MR) is 30.3 cm³/mol. The summed E-state index contributed by atoms with van der Waals surface area (Å²) in [7, 11) is 0. The Labute approximate surface area is 47.5 Å². The van der Waals surface area contributed by atoms with Gasteiger partial charge in [-0.15, -0.1) is 0 Å². The van der Waals surface area contributed by atoms with E-state index in [1.54, 1.807) is 0 Å². The summed E-state index contributed by atoms with van der Waals surface area (Å²) in [5.74, 6) is -0.291. The summed E-state index contributed by atoms with van der Waals surface area (Å²) in [6.45, 7) is 1.59. The van der Waals surface area contributed by atoms with E-state index in [1.807, 2.05) is 0 Å². The van der Waals surface area contributed by atoms with E-state index in [0.717, 1.165) is 0 Å². The summed E-state index contributed by atoms with van der Waals surface area (Å²) in [6, 6.07) is 0. The van der Waals surface area contributed by atoms with E-state index in [0.29, 0.717) is 0 Å². The Morgan fingerprint density at radius 2 is 2.57 bits per heavy atom. The second-order valence-electron chi connectivity index (χ2n) is 0.969. The van der Waals surface area contributed by atoms with Gasteiger partial charge in [0.25, 0.3) is 0 Å². The largest absolute Gasteiger partial charge is 0.461 e. The molecular formula is C4H6O2S. The van der Waals surface area contributed by atoms with Gasteiger partial charge in [-0.05, 0) is 0 Å². The second kappa shape index (κ2) is 3.74. The molecule has 0 atom stereocenters. The smallest absolute Gasteiger partial charge is 0.302 e. The number of hydrogen-bond acceptors (Lipinski definition) is 3. The van der Waals surface area contributed by atoms with Gasteiger partial charge in [-0.1, -0.05) is 12.2 Å². The third-order valence-electron chi connectivity index (χ3n) is 0.355. The van der Waals surface area contributed by atoms with Crippen LogP contribution < -0.4 is 0 Å². The molecule has 0 heterocycles. The third kappa shape index (κ3) is 5.56. The zero-order valence-electron chi connectivity index (χ0n) is 4.01. The van der Waals surface area contributed by atoms with Gasteiger partial charge in [0.15, 0.2) is 0 Å². The maximum Gasteiger partial charge on any atom is 0.302 e. The van der Waals surface area contributed by atoms with Gasteiger partial charge < -0.3 is 4.74 Å². The lowest BCUT2D eigenvalue weighted by molar-refractivity contribution is -0.139. The Morgan fingerprint density at radius 1 is 2.00 bits per heavy atom. The fourth-order valence-corrected chi connectivity index (χ4v) is 0.219. The number of thiocarbonyl (C=S) groups is 1. The number of rotatable bonds is 2. The first-order valence-electron chi connectivity index (χ1n) is 1.84. The number of ether oxygens (including phenoxy) is 1. The first-order valence-corrected chi connectivity index (χ1v) is 2.31. The first-order chi connectivity index (χ1) is 3.27. The van der Waals surface area contributed by atoms with Crippen LogP contribution in [0.2, 0.25) is 0 Å². The lowest BCUT2D eigenvalue weighted by atomic mass is 10.8. The van der Waals surface area contributed by atoms with E-state index in [-0.39, 0.29) is 12.6 Å². The molecule has 0 aliphatic carbocycles. The van der Waals surface area contributed by atoms with Crippen LogP contribution in [0.5, 0.6) is 0 Å². The number of esters is 1. The Balaban J connectivity index is 2.97. The van der Waals surface area contributed by atoms with Crippen molar-refractivity contribution in [1.29, 1.82) is 0 Å². The fraction of sp³-hybridized carbons (Fsp3) is 0.500. The molecule has 0 saturated carbocycles. The number of hydrogen-bond donors (Lipinski definition) is 0. The Kier molecular flexibility index (Phi) is 3.50. The normalized spacial score (nSPS) is 7.57. The molecule has 40 valence electrons. The van der Waals surface area contributed by atoms with Crippen LogP contribution >= 0.6 is 12.2 Å². The Bertz CT molecular complexity index is 79.8. The van der Waals surface area contributed by atoms with Crippen molar-refractivity contribution in [2.24, 2.45) is 0 Å². The van der Waals surface area contributed by atoms with Crippen LogP contribution in [-0.4, -0.2) is 17.9 Å². The van der Waals surface area contributed by atoms with Crippen molar-refractivity contribution in [1.82, 2.24) is 0 Å². The van der Waals surface area contributed by atoms with Gasteiger partial charge in [-0.3, -0.25) is 4.79 Å². The molecular weight excluding hydrogens is 112 g/mol. The van der Waals surface area contributed by atoms with Gasteiger partial charge in [-0.2, -0.15) is 0 Å². The highest BCUT2D eigenvalue weighted by atomic mass is 32.1. The van der Waals surface area contributed by atoms with Crippen molar-refractivity contribution in [2.75, 3.05) is 6.61 Å². The molecule has 0 aromatic carbocycles. The summed E-state index contributed by atoms with van der Waals surface area (Å²) >= 11 is 4.37. The average molecular weight is 118 g/mol. The first kappa shape index (κ1) is 6.56. The highest BCUT2D eigenvalue weighted by Gasteiger charge is 1.84. The van der Waals surface area contributed by atoms with E-state index in [2.05, 4.69) is 17.0 Å². The summed E-state index contributed by atoms with van der Waals surface area (Å²) in [5, 5.41) is 1.36. The summed E-state index contributed by atoms with van der Waals surface area (Å²) in [5.41, 5.74) is 0. The van der Waals surface area contributed by atoms with E-state index < -0.39 is 0 Å². The maximum atomic E-state index is 9.91. The fourth-order valence-electron chi connectivity index (χ4n) is 0.151. The standard InChI is InChI=1S/C4H6O2S/c1-4(5)6-2-3-7/h3H,2H2,1H3. The molecule has 0 radical (unpaired) electrons. The van der Waals surface area contributed by atoms with Crippen LogP contribution in [0.25, 0.3) is 0 Å². The summed E-state index contributed by atoms with van der Waals surface area (Å²) in [4.78, 5) is 9.91. The van der Waals surface area contributed by atoms with Gasteiger partial charge in [0.05, 0.1) is 0 Å². The van der Waals surface area contributed by atoms with Crippen molar-refractivity contribution < 1.29 is 9.53 Å². The van der Waals surface area contributed by atoms with Crippen LogP contribution in [0, 0.1) is 0 Å². The van der Waals surface area contributed by atoms with Crippen LogP contribution in [0.4, 0.5) is 0 Å². The minimum Gasteiger partial charge on any atom is -0.461 e. The Morgan fingerprint density at radius 3 is 2.71 bits per heavy atom. The highest BCUT2D eigenvalue weighted by Crippen LogP contribution is 1.70. The number of carbonyl (C=O) groups is 1. The topological polar surface area (TPSA) is 26.3 Å². The zero-order chi connectivity index (χ0) is 5.70. The molecule has 0 amide bonds. The lowest BCUT2D eigenvalue weighted by Gasteiger charge is -1.90. The predicted octanol–water partition coefficient (Wildman–Crippen LogP) is 0.549. The monoisotopic (exact) mass is 118 g/mol. The van der Waals surface area contributed by atoms with E-state index in [4.69, 9.17) is 0 Å². The van der Waals surface area contributed by atoms with Gasteiger partial charge in [-0.25, -0.2) is 0 Å². The van der Waals surface area contributed by atoms with Crippen LogP contribution in [-0.2, 0) is 9.53 Å². The van der Waals surface area contributed by atoms with E-state index in [9.17, 15) is 4.79 Å². The average Bonchev–Trinajstić information content (AvgIpc) is 1.61. The molecule has 0 unspecified atom stereocenters. The van der Waals surface area contributed by atoms with Crippen LogP contribution in [0.3, 0.4) is 0 Å². The van der Waals surface area contributed by atoms with Gasteiger partial charge in [0, 0.05) is 12.3 Å². The Hall–Kier alpha value is -0.440. The molecule has 3 heteroatoms. The van der Waals surface area contributed by atoms with E-state index >= 15 is 0 Å². The second-order valence-corrected chi connectivity index (χ2v) is 1.30. The van der Waals surface area contributed by atoms with Gasteiger partial charge in [0.1, 0.15) is 6.61 Å². The maximum absolute atomic E-state index is 9.91. The molecule has 0 rings (SSSR count). The lowest BCUT2D eigenvalue weighted by Crippen LogP contribution is -1.99. The van der Waals surface area contributed by atoms with Gasteiger partial charge >= 0.3 is 5.97 Å². The molecule has 0 N–H and O–H groups in total. The quantitative estimate of drug-likeness (QED) is 0.391. The van der Waals surface area contributed by atoms with Crippen molar-refractivity contribution in [3.8, 4) is 0 Å². The summed E-state index contributed by atoms with van der Waals surface area (Å²) in [6.07, 6.45) is 0. The van der Waals surface area contributed by atoms with Gasteiger partial charge in [0.2, 0.25) is 0 Å². The molecule has 0 aliphatic heterocycles. The highest BCUT2D eigenvalue weighted by molar-refractivity contribution is 7.79. The summed E-state index contributed by atoms with van der Waals surface area (Å²) < 4.78 is 4.39. The van der Waals surface area contributed by atoms with E-state index in [1.165, 1.54) is 12.3 Å². The van der Waals surface area contributed by atoms with Crippen molar-refractivity contribution in [2.45, 2.75) is 6.92 Å². The molecule has 0 aromatic heterocycles. The molecule has 2 nitrogen and oxygen atoms in total. The molecule has 0 fully saturated rings. The molecule has 0 saturated heterocycles. The third-order valence-corrected chi connectivity index (χ3v) is 0.491. The zero-order valence-corrected chi connectivity index (χ0v) is 4.83. The molecule has 0 aliphatic rings. The SMILES string of the molecule is CC(=O)OCC=S. The van der Waals surface area contributed by atoms with Crippen molar-refractivity contribution in [3.63, 3.8) is 0 Å². The van der Waals surface area contributed by atoms with Crippen LogP contribution in [0.1, 0.15) is 6.92 Å². The van der Waals surface area contributed by atoms with Crippen molar-refractivity contribution in [3.05, 3.63) is 0 Å². The minimum absolute atomic E-state index is 0.241. The number of carbonyl (C=O) groups excluding carboxylic acids is 1.